The van der Waals surface area contributed by atoms with E-state index in [1.165, 1.54) is 12.1 Å². The van der Waals surface area contributed by atoms with Crippen LogP contribution in [0.4, 0.5) is 0 Å². The number of nitrogens with zero attached hydrogens (tertiary/aromatic N) is 1. The van der Waals surface area contributed by atoms with E-state index in [2.05, 4.69) is 18.6 Å². The van der Waals surface area contributed by atoms with Gasteiger partial charge in [-0.2, -0.15) is 5.26 Å². The van der Waals surface area contributed by atoms with E-state index in [1.54, 1.807) is 0 Å². The van der Waals surface area contributed by atoms with Crippen LogP contribution in [0.15, 0.2) is 16.3 Å². The molecule has 1 N–H and O–H groups in total. The molecule has 0 aromatic carbocycles. The highest BCUT2D eigenvalue weighted by atomic mass is 32.2. The van der Waals surface area contributed by atoms with Crippen LogP contribution in [-0.2, 0) is 10.0 Å². The Kier molecular flexibility index (Phi) is 5.32. The van der Waals surface area contributed by atoms with Gasteiger partial charge in [-0.05, 0) is 25.0 Å². The highest BCUT2D eigenvalue weighted by Crippen LogP contribution is 2.22. The summed E-state index contributed by atoms with van der Waals surface area (Å²) in [6.45, 7) is 5.99. The number of nitrogens with one attached hydrogen (secondary N) is 1. The summed E-state index contributed by atoms with van der Waals surface area (Å²) in [5.74, 6) is 0.329. The van der Waals surface area contributed by atoms with Crippen LogP contribution in [0, 0.1) is 17.2 Å². The van der Waals surface area contributed by atoms with Crippen molar-refractivity contribution in [1.29, 1.82) is 5.26 Å². The van der Waals surface area contributed by atoms with Crippen LogP contribution in [0.5, 0.6) is 0 Å². The summed E-state index contributed by atoms with van der Waals surface area (Å²) in [4.78, 5) is 0.408. The summed E-state index contributed by atoms with van der Waals surface area (Å²) in [5, 5.41) is 8.71. The molecule has 1 aromatic rings. The molecule has 0 aliphatic rings. The molecule has 0 fully saturated rings. The summed E-state index contributed by atoms with van der Waals surface area (Å²) in [5.41, 5.74) is 0. The van der Waals surface area contributed by atoms with Gasteiger partial charge in [0, 0.05) is 6.04 Å². The lowest BCUT2D eigenvalue weighted by Gasteiger charge is -2.21. The van der Waals surface area contributed by atoms with Crippen molar-refractivity contribution >= 4 is 21.4 Å². The number of rotatable bonds is 6. The highest BCUT2D eigenvalue weighted by molar-refractivity contribution is 7.91. The maximum Gasteiger partial charge on any atom is 0.250 e. The van der Waals surface area contributed by atoms with Gasteiger partial charge >= 0.3 is 0 Å². The largest absolute Gasteiger partial charge is 0.250 e. The van der Waals surface area contributed by atoms with Gasteiger partial charge in [-0.3, -0.25) is 0 Å². The molecule has 0 spiro atoms. The van der Waals surface area contributed by atoms with Crippen LogP contribution in [0.1, 0.15) is 38.5 Å². The summed E-state index contributed by atoms with van der Waals surface area (Å²) >= 11 is 0.997. The van der Waals surface area contributed by atoms with Crippen LogP contribution in [0.2, 0.25) is 0 Å². The van der Waals surface area contributed by atoms with E-state index < -0.39 is 10.0 Å². The van der Waals surface area contributed by atoms with Crippen molar-refractivity contribution in [2.24, 2.45) is 5.92 Å². The first kappa shape index (κ1) is 15.2. The van der Waals surface area contributed by atoms with E-state index in [1.807, 2.05) is 13.0 Å². The predicted molar refractivity (Wildman–Crippen MR) is 72.9 cm³/mol. The molecule has 1 aromatic heterocycles. The fourth-order valence-corrected chi connectivity index (χ4v) is 4.35. The van der Waals surface area contributed by atoms with Crippen molar-refractivity contribution < 1.29 is 8.42 Å². The predicted octanol–water partition coefficient (Wildman–Crippen LogP) is 2.72. The highest BCUT2D eigenvalue weighted by Gasteiger charge is 2.23. The molecule has 0 saturated carbocycles. The smallest absolute Gasteiger partial charge is 0.207 e. The van der Waals surface area contributed by atoms with Crippen LogP contribution >= 0.6 is 11.3 Å². The summed E-state index contributed by atoms with van der Waals surface area (Å²) in [6, 6.07) is 4.85. The summed E-state index contributed by atoms with van der Waals surface area (Å²) < 4.78 is 27.1. The molecule has 1 heterocycles. The van der Waals surface area contributed by atoms with Crippen LogP contribution in [0.3, 0.4) is 0 Å². The third-order valence-electron chi connectivity index (χ3n) is 3.05. The van der Waals surface area contributed by atoms with Gasteiger partial charge in [0.1, 0.15) is 15.2 Å². The van der Waals surface area contributed by atoms with Crippen LogP contribution in [-0.4, -0.2) is 14.5 Å². The van der Waals surface area contributed by atoms with Crippen molar-refractivity contribution in [3.63, 3.8) is 0 Å². The Morgan fingerprint density at radius 1 is 1.39 bits per heavy atom. The fraction of sp³-hybridized carbons (Fsp3) is 0.583. The van der Waals surface area contributed by atoms with Gasteiger partial charge in [-0.15, -0.1) is 11.3 Å². The van der Waals surface area contributed by atoms with E-state index in [-0.39, 0.29) is 10.3 Å². The molecule has 0 bridgehead atoms. The van der Waals surface area contributed by atoms with Gasteiger partial charge in [0.25, 0.3) is 0 Å². The maximum atomic E-state index is 12.1. The Morgan fingerprint density at radius 2 is 2.00 bits per heavy atom. The minimum Gasteiger partial charge on any atom is -0.207 e. The van der Waals surface area contributed by atoms with E-state index >= 15 is 0 Å². The molecule has 1 atom stereocenters. The molecule has 1 rings (SSSR count). The SMILES string of the molecule is CCC(CC)C(C)NS(=O)(=O)c1ccc(C#N)s1. The van der Waals surface area contributed by atoms with Crippen LogP contribution < -0.4 is 4.72 Å². The topological polar surface area (TPSA) is 70.0 Å². The van der Waals surface area contributed by atoms with Crippen molar-refractivity contribution in [3.8, 4) is 6.07 Å². The van der Waals surface area contributed by atoms with Gasteiger partial charge in [0.05, 0.1) is 0 Å². The van der Waals surface area contributed by atoms with E-state index in [9.17, 15) is 8.42 Å². The molecule has 0 aliphatic carbocycles. The summed E-state index contributed by atoms with van der Waals surface area (Å²) in [6.07, 6.45) is 1.88. The molecule has 0 radical (unpaired) electrons. The summed E-state index contributed by atoms with van der Waals surface area (Å²) in [7, 11) is -3.50. The van der Waals surface area contributed by atoms with Gasteiger partial charge in [-0.1, -0.05) is 26.7 Å². The molecule has 0 amide bonds. The van der Waals surface area contributed by atoms with Gasteiger partial charge in [-0.25, -0.2) is 13.1 Å². The number of thiophene rings is 1. The fourth-order valence-electron chi connectivity index (χ4n) is 1.92. The first-order chi connectivity index (χ1) is 8.44. The first-order valence-corrected chi connectivity index (χ1v) is 8.26. The first-order valence-electron chi connectivity index (χ1n) is 5.96. The van der Waals surface area contributed by atoms with Gasteiger partial charge in [0.2, 0.25) is 10.0 Å². The lowest BCUT2D eigenvalue weighted by atomic mass is 9.96. The molecule has 4 nitrogen and oxygen atoms in total. The monoisotopic (exact) mass is 286 g/mol. The standard InChI is InChI=1S/C12H18N2O2S2/c1-4-10(5-2)9(3)14-18(15,16)12-7-6-11(8-13)17-12/h6-7,9-10,14H,4-5H2,1-3H3. The zero-order valence-electron chi connectivity index (χ0n) is 10.8. The Bertz CT molecular complexity index is 525. The van der Waals surface area contributed by atoms with Crippen LogP contribution in [0.25, 0.3) is 0 Å². The molecule has 18 heavy (non-hydrogen) atoms. The van der Waals surface area contributed by atoms with Crippen molar-refractivity contribution in [1.82, 2.24) is 4.72 Å². The van der Waals surface area contributed by atoms with E-state index in [0.717, 1.165) is 24.2 Å². The number of hydrogen-bond acceptors (Lipinski definition) is 4. The van der Waals surface area contributed by atoms with Gasteiger partial charge in [0.15, 0.2) is 0 Å². The minimum absolute atomic E-state index is 0.0994. The molecular formula is C12H18N2O2S2. The second kappa shape index (κ2) is 6.32. The third kappa shape index (κ3) is 3.55. The minimum atomic E-state index is -3.50. The molecule has 0 saturated heterocycles. The third-order valence-corrected chi connectivity index (χ3v) is 6.09. The molecule has 1 unspecified atom stereocenters. The van der Waals surface area contributed by atoms with Crippen molar-refractivity contribution in [3.05, 3.63) is 17.0 Å². The maximum absolute atomic E-state index is 12.1. The molecular weight excluding hydrogens is 268 g/mol. The second-order valence-electron chi connectivity index (χ2n) is 4.22. The Morgan fingerprint density at radius 3 is 2.44 bits per heavy atom. The second-order valence-corrected chi connectivity index (χ2v) is 7.24. The Hall–Kier alpha value is -0.900. The number of hydrogen-bond donors (Lipinski definition) is 1. The zero-order chi connectivity index (χ0) is 13.8. The molecule has 6 heteroatoms. The normalized spacial score (nSPS) is 13.5. The Balaban J connectivity index is 2.85. The lowest BCUT2D eigenvalue weighted by Crippen LogP contribution is -2.37. The quantitative estimate of drug-likeness (QED) is 0.874. The molecule has 100 valence electrons. The average molecular weight is 286 g/mol. The molecule has 0 aliphatic heterocycles. The van der Waals surface area contributed by atoms with Crippen molar-refractivity contribution in [2.75, 3.05) is 0 Å². The zero-order valence-corrected chi connectivity index (χ0v) is 12.4. The van der Waals surface area contributed by atoms with E-state index in [0.29, 0.717) is 10.8 Å². The average Bonchev–Trinajstić information content (AvgIpc) is 2.79. The van der Waals surface area contributed by atoms with Crippen molar-refractivity contribution in [2.45, 2.75) is 43.9 Å². The number of sulfonamides is 1. The Labute approximate surface area is 113 Å². The van der Waals surface area contributed by atoms with E-state index in [4.69, 9.17) is 5.26 Å². The number of nitriles is 1. The van der Waals surface area contributed by atoms with Gasteiger partial charge < -0.3 is 0 Å². The lowest BCUT2D eigenvalue weighted by molar-refractivity contribution is 0.391.